The molecule has 8 unspecified atom stereocenters. The lowest BCUT2D eigenvalue weighted by Crippen LogP contribution is -2.55. The van der Waals surface area contributed by atoms with E-state index >= 15 is 0 Å². The Morgan fingerprint density at radius 2 is 1.65 bits per heavy atom. The van der Waals surface area contributed by atoms with Crippen LogP contribution in [0.3, 0.4) is 0 Å². The molecule has 8 atom stereocenters. The molecule has 0 spiro atoms. The molecule has 0 bridgehead atoms. The molecule has 0 heterocycles. The van der Waals surface area contributed by atoms with E-state index in [0.29, 0.717) is 40.1 Å². The molecule has 2 fully saturated rings. The highest BCUT2D eigenvalue weighted by molar-refractivity contribution is 5.38. The fourth-order valence-electron chi connectivity index (χ4n) is 10.1. The van der Waals surface area contributed by atoms with Gasteiger partial charge in [0.1, 0.15) is 0 Å². The molecule has 0 aliphatic heterocycles. The lowest BCUT2D eigenvalue weighted by molar-refractivity contribution is -0.112. The van der Waals surface area contributed by atoms with E-state index in [4.69, 9.17) is 4.74 Å². The van der Waals surface area contributed by atoms with Crippen molar-refractivity contribution in [2.24, 2.45) is 45.3 Å². The molecule has 1 N–H and O–H groups in total. The summed E-state index contributed by atoms with van der Waals surface area (Å²) in [5.74, 6) is 2.29. The molecule has 4 rings (SSSR count). The molecule has 0 aromatic heterocycles. The second-order valence-electron chi connectivity index (χ2n) is 14.4. The molecular weight excluding hydrogens is 416 g/mol. The van der Waals surface area contributed by atoms with Gasteiger partial charge in [0.2, 0.25) is 0 Å². The van der Waals surface area contributed by atoms with Crippen LogP contribution in [0.25, 0.3) is 0 Å². The van der Waals surface area contributed by atoms with Gasteiger partial charge in [-0.2, -0.15) is 0 Å². The molecule has 0 radical (unpaired) electrons. The maximum atomic E-state index is 10.9. The van der Waals surface area contributed by atoms with E-state index in [-0.39, 0.29) is 11.5 Å². The van der Waals surface area contributed by atoms with Crippen LogP contribution in [0.2, 0.25) is 0 Å². The van der Waals surface area contributed by atoms with Gasteiger partial charge in [-0.25, -0.2) is 0 Å². The number of aliphatic hydroxyl groups is 1. The minimum atomic E-state index is -0.364. The summed E-state index contributed by atoms with van der Waals surface area (Å²) in [6, 6.07) is 0. The van der Waals surface area contributed by atoms with Crippen LogP contribution in [0.1, 0.15) is 113 Å². The number of rotatable bonds is 6. The van der Waals surface area contributed by atoms with Crippen molar-refractivity contribution in [3.63, 3.8) is 0 Å². The van der Waals surface area contributed by atoms with Crippen molar-refractivity contribution in [1.82, 2.24) is 0 Å². The molecule has 34 heavy (non-hydrogen) atoms. The quantitative estimate of drug-likeness (QED) is 0.395. The standard InChI is InChI=1S/C32H54O2/c1-20(2)22(4)26(33)19-21(3)23-13-17-32(9)25-11-12-27-29(5,6)28(34-10)15-16-30(27,7)24(25)14-18-31(23,32)8/h20-21,23,26-28,33H,4,11-19H2,1-3,5-10H3. The summed E-state index contributed by atoms with van der Waals surface area (Å²) in [4.78, 5) is 0. The summed E-state index contributed by atoms with van der Waals surface area (Å²) in [6.07, 6.45) is 11.2. The highest BCUT2D eigenvalue weighted by atomic mass is 16.5. The number of hydrogen-bond acceptors (Lipinski definition) is 2. The summed E-state index contributed by atoms with van der Waals surface area (Å²) in [5.41, 5.74) is 5.95. The van der Waals surface area contributed by atoms with Crippen LogP contribution >= 0.6 is 0 Å². The third-order valence-corrected chi connectivity index (χ3v) is 12.5. The second-order valence-corrected chi connectivity index (χ2v) is 14.4. The lowest BCUT2D eigenvalue weighted by atomic mass is 9.43. The Kier molecular flexibility index (Phi) is 6.82. The first kappa shape index (κ1) is 26.5. The summed E-state index contributed by atoms with van der Waals surface area (Å²) in [6.45, 7) is 23.7. The first-order valence-electron chi connectivity index (χ1n) is 14.4. The van der Waals surface area contributed by atoms with E-state index in [0.717, 1.165) is 17.9 Å². The average Bonchev–Trinajstić information content (AvgIpc) is 3.04. The van der Waals surface area contributed by atoms with Gasteiger partial charge in [0.05, 0.1) is 12.2 Å². The zero-order valence-electron chi connectivity index (χ0n) is 23.9. The van der Waals surface area contributed by atoms with E-state index in [1.807, 2.05) is 18.3 Å². The smallest absolute Gasteiger partial charge is 0.0752 e. The molecule has 0 saturated heterocycles. The van der Waals surface area contributed by atoms with E-state index in [1.54, 1.807) is 0 Å². The van der Waals surface area contributed by atoms with Crippen LogP contribution in [-0.4, -0.2) is 24.4 Å². The van der Waals surface area contributed by atoms with Crippen molar-refractivity contribution < 1.29 is 9.84 Å². The first-order valence-corrected chi connectivity index (χ1v) is 14.4. The van der Waals surface area contributed by atoms with Crippen molar-refractivity contribution in [3.05, 3.63) is 23.3 Å². The fraction of sp³-hybridized carbons (Fsp3) is 0.875. The van der Waals surface area contributed by atoms with Crippen molar-refractivity contribution >= 4 is 0 Å². The highest BCUT2D eigenvalue weighted by Gasteiger charge is 2.63. The van der Waals surface area contributed by atoms with Gasteiger partial charge in [0.25, 0.3) is 0 Å². The first-order chi connectivity index (χ1) is 15.7. The molecule has 4 aliphatic rings. The van der Waals surface area contributed by atoms with Crippen molar-refractivity contribution in [3.8, 4) is 0 Å². The van der Waals surface area contributed by atoms with Crippen LogP contribution in [0, 0.1) is 45.3 Å². The van der Waals surface area contributed by atoms with Crippen molar-refractivity contribution in [2.75, 3.05) is 7.11 Å². The number of methoxy groups -OCH3 is 1. The average molecular weight is 471 g/mol. The largest absolute Gasteiger partial charge is 0.389 e. The van der Waals surface area contributed by atoms with Gasteiger partial charge in [-0.15, -0.1) is 0 Å². The second kappa shape index (κ2) is 8.76. The molecular formula is C32H54O2. The molecule has 4 aliphatic carbocycles. The number of hydrogen-bond donors (Lipinski definition) is 1. The Morgan fingerprint density at radius 1 is 0.971 bits per heavy atom. The third-order valence-electron chi connectivity index (χ3n) is 12.5. The summed E-state index contributed by atoms with van der Waals surface area (Å²) >= 11 is 0. The predicted octanol–water partition coefficient (Wildman–Crippen LogP) is 8.35. The van der Waals surface area contributed by atoms with Gasteiger partial charge in [-0.3, -0.25) is 0 Å². The Labute approximate surface area is 211 Å². The van der Waals surface area contributed by atoms with Crippen LogP contribution in [0.15, 0.2) is 23.3 Å². The summed E-state index contributed by atoms with van der Waals surface area (Å²) in [7, 11) is 1.92. The van der Waals surface area contributed by atoms with Crippen LogP contribution in [-0.2, 0) is 4.74 Å². The lowest BCUT2D eigenvalue weighted by Gasteiger charge is -2.62. The topological polar surface area (TPSA) is 29.5 Å². The molecule has 2 saturated carbocycles. The molecule has 0 aromatic carbocycles. The summed E-state index contributed by atoms with van der Waals surface area (Å²) in [5, 5.41) is 10.9. The number of aliphatic hydroxyl groups excluding tert-OH is 1. The van der Waals surface area contributed by atoms with Gasteiger partial charge < -0.3 is 9.84 Å². The molecule has 194 valence electrons. The van der Waals surface area contributed by atoms with Crippen LogP contribution in [0.4, 0.5) is 0 Å². The zero-order chi connectivity index (χ0) is 25.3. The predicted molar refractivity (Wildman–Crippen MR) is 144 cm³/mol. The maximum absolute atomic E-state index is 10.9. The van der Waals surface area contributed by atoms with Crippen LogP contribution < -0.4 is 0 Å². The number of allylic oxidation sites excluding steroid dienone is 2. The van der Waals surface area contributed by atoms with Gasteiger partial charge in [-0.05, 0) is 109 Å². The Balaban J connectivity index is 1.63. The fourth-order valence-corrected chi connectivity index (χ4v) is 10.1. The summed E-state index contributed by atoms with van der Waals surface area (Å²) < 4.78 is 6.00. The van der Waals surface area contributed by atoms with E-state index < -0.39 is 0 Å². The van der Waals surface area contributed by atoms with Gasteiger partial charge in [-0.1, -0.05) is 73.1 Å². The van der Waals surface area contributed by atoms with Crippen LogP contribution in [0.5, 0.6) is 0 Å². The number of ether oxygens (including phenoxy) is 1. The monoisotopic (exact) mass is 470 g/mol. The van der Waals surface area contributed by atoms with E-state index in [2.05, 4.69) is 62.0 Å². The maximum Gasteiger partial charge on any atom is 0.0752 e. The van der Waals surface area contributed by atoms with Gasteiger partial charge in [0, 0.05) is 7.11 Å². The Morgan fingerprint density at radius 3 is 2.26 bits per heavy atom. The van der Waals surface area contributed by atoms with Gasteiger partial charge >= 0.3 is 0 Å². The normalized spacial score (nSPS) is 43.2. The van der Waals surface area contributed by atoms with Crippen molar-refractivity contribution in [2.45, 2.75) is 125 Å². The van der Waals surface area contributed by atoms with Crippen molar-refractivity contribution in [1.29, 1.82) is 0 Å². The van der Waals surface area contributed by atoms with Gasteiger partial charge in [0.15, 0.2) is 0 Å². The highest BCUT2D eigenvalue weighted by Crippen LogP contribution is 2.72. The molecule has 0 aromatic rings. The zero-order valence-corrected chi connectivity index (χ0v) is 23.9. The SMILES string of the molecule is C=C(C(C)C)C(O)CC(C)C1CCC2(C)C3=C(CCC12C)C1(C)CCC(OC)C(C)(C)C1CC3. The molecule has 0 amide bonds. The Bertz CT molecular complexity index is 836. The molecule has 2 nitrogen and oxygen atoms in total. The molecule has 2 heteroatoms. The Hall–Kier alpha value is -0.600. The van der Waals surface area contributed by atoms with E-state index in [1.165, 1.54) is 51.4 Å². The number of fused-ring (bicyclic) bond motifs is 4. The van der Waals surface area contributed by atoms with E-state index in [9.17, 15) is 5.11 Å². The third kappa shape index (κ3) is 3.63. The minimum Gasteiger partial charge on any atom is -0.389 e. The minimum absolute atomic E-state index is 0.240.